The lowest BCUT2D eigenvalue weighted by atomic mass is 9.98. The van der Waals surface area contributed by atoms with Crippen LogP contribution in [0.2, 0.25) is 0 Å². The number of esters is 4. The second-order valence-corrected chi connectivity index (χ2v) is 9.51. The standard InChI is InChI=1S/C28H40N2O12/c1-8-30(9-2)13-12-29-27(35)20-10-11-21(22(14-20)36-7)41-28-26(40-19(6)34)25(39-18(5)33)24(38-17(4)32)23(42-28)15-37-16(3)31/h10-11,14,23-26,28H,8-9,12-13,15H2,1-7H3,(H,29,35)/p+1. The molecule has 1 aromatic carbocycles. The van der Waals surface area contributed by atoms with E-state index in [1.807, 2.05) is 0 Å². The second-order valence-electron chi connectivity index (χ2n) is 9.51. The lowest BCUT2D eigenvalue weighted by molar-refractivity contribution is -0.895. The van der Waals surface area contributed by atoms with E-state index in [0.29, 0.717) is 12.1 Å². The molecule has 42 heavy (non-hydrogen) atoms. The third-order valence-corrected chi connectivity index (χ3v) is 6.38. The highest BCUT2D eigenvalue weighted by Gasteiger charge is 2.53. The van der Waals surface area contributed by atoms with Gasteiger partial charge in [0, 0.05) is 33.3 Å². The van der Waals surface area contributed by atoms with E-state index in [0.717, 1.165) is 40.4 Å². The van der Waals surface area contributed by atoms with Gasteiger partial charge in [0.2, 0.25) is 12.4 Å². The molecule has 1 aliphatic rings. The minimum absolute atomic E-state index is 0.0996. The third kappa shape index (κ3) is 10.2. The SMILES string of the molecule is CC[NH+](CC)CCNC(=O)c1ccc(OC2OC(COC(C)=O)C(OC(C)=O)C(OC(C)=O)C2OC(C)=O)c(OC)c1. The number of rotatable bonds is 14. The van der Waals surface area contributed by atoms with Crippen molar-refractivity contribution < 1.29 is 62.0 Å². The van der Waals surface area contributed by atoms with Crippen LogP contribution in [0, 0.1) is 0 Å². The Morgan fingerprint density at radius 3 is 1.98 bits per heavy atom. The molecule has 2 rings (SSSR count). The summed E-state index contributed by atoms with van der Waals surface area (Å²) in [4.78, 5) is 61.6. The van der Waals surface area contributed by atoms with Gasteiger partial charge in [-0.05, 0) is 32.0 Å². The van der Waals surface area contributed by atoms with Crippen molar-refractivity contribution in [2.24, 2.45) is 0 Å². The number of nitrogens with one attached hydrogen (secondary N) is 2. The van der Waals surface area contributed by atoms with Gasteiger partial charge in [-0.25, -0.2) is 0 Å². The first-order valence-electron chi connectivity index (χ1n) is 13.7. The predicted octanol–water partition coefficient (Wildman–Crippen LogP) is -0.188. The average Bonchev–Trinajstić information content (AvgIpc) is 2.92. The van der Waals surface area contributed by atoms with Crippen LogP contribution in [0.3, 0.4) is 0 Å². The maximum absolute atomic E-state index is 12.8. The number of hydrogen-bond donors (Lipinski definition) is 2. The molecule has 0 radical (unpaired) electrons. The highest BCUT2D eigenvalue weighted by molar-refractivity contribution is 5.94. The van der Waals surface area contributed by atoms with Crippen LogP contribution in [0.1, 0.15) is 51.9 Å². The van der Waals surface area contributed by atoms with Crippen LogP contribution in [0.5, 0.6) is 11.5 Å². The van der Waals surface area contributed by atoms with Crippen molar-refractivity contribution in [1.29, 1.82) is 0 Å². The largest absolute Gasteiger partial charge is 0.493 e. The van der Waals surface area contributed by atoms with Crippen molar-refractivity contribution >= 4 is 29.8 Å². The number of likely N-dealkylation sites (N-methyl/N-ethyl adjacent to an activating group) is 1. The van der Waals surface area contributed by atoms with E-state index >= 15 is 0 Å². The smallest absolute Gasteiger partial charge is 0.303 e. The van der Waals surface area contributed by atoms with Gasteiger partial charge in [0.25, 0.3) is 5.91 Å². The van der Waals surface area contributed by atoms with Gasteiger partial charge in [0.05, 0.1) is 33.3 Å². The third-order valence-electron chi connectivity index (χ3n) is 6.38. The quantitative estimate of drug-likeness (QED) is 0.215. The molecule has 1 aromatic rings. The van der Waals surface area contributed by atoms with Crippen LogP contribution < -0.4 is 19.7 Å². The number of amides is 1. The van der Waals surface area contributed by atoms with E-state index in [1.165, 1.54) is 37.1 Å². The lowest BCUT2D eigenvalue weighted by Gasteiger charge is -2.44. The topological polar surface area (TPSA) is 166 Å². The zero-order valence-corrected chi connectivity index (χ0v) is 25.1. The Bertz CT molecular complexity index is 1110. The molecular weight excluding hydrogens is 556 g/mol. The van der Waals surface area contributed by atoms with Gasteiger partial charge < -0.3 is 43.4 Å². The number of methoxy groups -OCH3 is 1. The number of hydrogen-bond acceptors (Lipinski definition) is 12. The summed E-state index contributed by atoms with van der Waals surface area (Å²) in [5.74, 6) is -2.97. The minimum atomic E-state index is -1.45. The fourth-order valence-corrected chi connectivity index (χ4v) is 4.37. The summed E-state index contributed by atoms with van der Waals surface area (Å²) in [7, 11) is 1.38. The fourth-order valence-electron chi connectivity index (χ4n) is 4.37. The summed E-state index contributed by atoms with van der Waals surface area (Å²) in [5.41, 5.74) is 0.315. The summed E-state index contributed by atoms with van der Waals surface area (Å²) in [6.45, 7) is 11.5. The van der Waals surface area contributed by atoms with Gasteiger partial charge in [-0.3, -0.25) is 24.0 Å². The summed E-state index contributed by atoms with van der Waals surface area (Å²) >= 11 is 0. The summed E-state index contributed by atoms with van der Waals surface area (Å²) < 4.78 is 38.7. The summed E-state index contributed by atoms with van der Waals surface area (Å²) in [5, 5.41) is 2.88. The lowest BCUT2D eigenvalue weighted by Crippen LogP contribution is -3.12. The van der Waals surface area contributed by atoms with Crippen LogP contribution in [0.25, 0.3) is 0 Å². The molecule has 0 bridgehead atoms. The Hall–Kier alpha value is -3.91. The first-order valence-corrected chi connectivity index (χ1v) is 13.7. The number of carbonyl (C=O) groups excluding carboxylic acids is 5. The van der Waals surface area contributed by atoms with E-state index in [-0.39, 0.29) is 17.4 Å². The molecule has 0 aromatic heterocycles. The van der Waals surface area contributed by atoms with Crippen molar-refractivity contribution in [3.05, 3.63) is 23.8 Å². The molecule has 5 unspecified atom stereocenters. The summed E-state index contributed by atoms with van der Waals surface area (Å²) in [6.07, 6.45) is -6.75. The monoisotopic (exact) mass is 597 g/mol. The Morgan fingerprint density at radius 2 is 1.43 bits per heavy atom. The molecule has 2 N–H and O–H groups in total. The van der Waals surface area contributed by atoms with E-state index in [1.54, 1.807) is 0 Å². The van der Waals surface area contributed by atoms with Crippen LogP contribution in [0.15, 0.2) is 18.2 Å². The van der Waals surface area contributed by atoms with Crippen LogP contribution in [-0.4, -0.2) is 100 Å². The molecule has 1 saturated heterocycles. The predicted molar refractivity (Wildman–Crippen MR) is 145 cm³/mol. The minimum Gasteiger partial charge on any atom is -0.493 e. The van der Waals surface area contributed by atoms with Gasteiger partial charge in [-0.15, -0.1) is 0 Å². The maximum Gasteiger partial charge on any atom is 0.303 e. The average molecular weight is 598 g/mol. The Labute approximate surface area is 244 Å². The summed E-state index contributed by atoms with van der Waals surface area (Å²) in [6, 6.07) is 4.46. The normalized spacial score (nSPS) is 21.6. The molecule has 5 atom stereocenters. The van der Waals surface area contributed by atoms with Gasteiger partial charge in [0.15, 0.2) is 23.7 Å². The van der Waals surface area contributed by atoms with Crippen molar-refractivity contribution in [2.75, 3.05) is 39.9 Å². The van der Waals surface area contributed by atoms with Gasteiger partial charge >= 0.3 is 23.9 Å². The molecule has 14 heteroatoms. The van der Waals surface area contributed by atoms with Crippen LogP contribution in [0.4, 0.5) is 0 Å². The van der Waals surface area contributed by atoms with E-state index in [4.69, 9.17) is 33.2 Å². The fraction of sp³-hybridized carbons (Fsp3) is 0.607. The van der Waals surface area contributed by atoms with E-state index in [2.05, 4.69) is 19.2 Å². The molecule has 1 aliphatic heterocycles. The molecule has 1 fully saturated rings. The second kappa shape index (κ2) is 16.5. The van der Waals surface area contributed by atoms with Gasteiger partial charge in [-0.1, -0.05) is 0 Å². The molecule has 234 valence electrons. The van der Waals surface area contributed by atoms with Crippen molar-refractivity contribution in [3.63, 3.8) is 0 Å². The first-order chi connectivity index (χ1) is 19.9. The number of carbonyl (C=O) groups is 5. The van der Waals surface area contributed by atoms with E-state index in [9.17, 15) is 24.0 Å². The Kier molecular flexibility index (Phi) is 13.5. The molecule has 0 aliphatic carbocycles. The Balaban J connectivity index is 2.39. The van der Waals surface area contributed by atoms with Crippen molar-refractivity contribution in [1.82, 2.24) is 5.32 Å². The zero-order chi connectivity index (χ0) is 31.4. The van der Waals surface area contributed by atoms with Crippen LogP contribution >= 0.6 is 0 Å². The maximum atomic E-state index is 12.8. The van der Waals surface area contributed by atoms with Crippen molar-refractivity contribution in [3.8, 4) is 11.5 Å². The molecule has 14 nitrogen and oxygen atoms in total. The number of benzene rings is 1. The molecule has 0 saturated carbocycles. The van der Waals surface area contributed by atoms with E-state index < -0.39 is 61.2 Å². The van der Waals surface area contributed by atoms with Crippen LogP contribution in [-0.2, 0) is 42.9 Å². The van der Waals surface area contributed by atoms with Crippen molar-refractivity contribution in [2.45, 2.75) is 72.2 Å². The first kappa shape index (κ1) is 34.3. The molecule has 1 heterocycles. The number of ether oxygens (including phenoxy) is 7. The molecular formula is C28H41N2O12+. The molecule has 0 spiro atoms. The number of quaternary nitrogens is 1. The van der Waals surface area contributed by atoms with Gasteiger partial charge in [-0.2, -0.15) is 0 Å². The highest BCUT2D eigenvalue weighted by atomic mass is 16.7. The molecule has 1 amide bonds. The van der Waals surface area contributed by atoms with Gasteiger partial charge in [0.1, 0.15) is 12.7 Å². The Morgan fingerprint density at radius 1 is 0.833 bits per heavy atom. The highest BCUT2D eigenvalue weighted by Crippen LogP contribution is 2.34. The zero-order valence-electron chi connectivity index (χ0n) is 25.1.